The molecular formula is C10H12N2O3S. The topological polar surface area (TPSA) is 79.2 Å². The molecule has 0 aromatic heterocycles. The van der Waals surface area contributed by atoms with Crippen LogP contribution in [0.4, 0.5) is 0 Å². The number of hydrogen-bond acceptors (Lipinski definition) is 4. The van der Waals surface area contributed by atoms with Gasteiger partial charge >= 0.3 is 0 Å². The second kappa shape index (κ2) is 5.07. The summed E-state index contributed by atoms with van der Waals surface area (Å²) in [6.07, 6.45) is 0. The van der Waals surface area contributed by atoms with Crippen LogP contribution in [0.5, 0.6) is 0 Å². The fraction of sp³-hybridized carbons (Fsp3) is 0.300. The summed E-state index contributed by atoms with van der Waals surface area (Å²) in [6, 6.07) is 6.50. The molecule has 0 heterocycles. The Morgan fingerprint density at radius 3 is 2.75 bits per heavy atom. The third kappa shape index (κ3) is 2.58. The maximum atomic E-state index is 11.7. The van der Waals surface area contributed by atoms with E-state index in [9.17, 15) is 8.42 Å². The summed E-state index contributed by atoms with van der Waals surface area (Å²) in [5, 5.41) is 8.90. The highest BCUT2D eigenvalue weighted by Crippen LogP contribution is 2.18. The van der Waals surface area contributed by atoms with Gasteiger partial charge < -0.3 is 0 Å². The van der Waals surface area contributed by atoms with Crippen LogP contribution in [0.3, 0.4) is 0 Å². The van der Waals surface area contributed by atoms with E-state index < -0.39 is 10.0 Å². The molecule has 0 spiro atoms. The summed E-state index contributed by atoms with van der Waals surface area (Å²) in [5.74, 6) is 0. The van der Waals surface area contributed by atoms with Crippen LogP contribution in [0.15, 0.2) is 23.1 Å². The van der Waals surface area contributed by atoms with E-state index in [-0.39, 0.29) is 17.1 Å². The third-order valence-electron chi connectivity index (χ3n) is 1.95. The first-order chi connectivity index (χ1) is 7.53. The van der Waals surface area contributed by atoms with Crippen molar-refractivity contribution in [3.8, 4) is 6.07 Å². The molecule has 6 heteroatoms. The van der Waals surface area contributed by atoms with Crippen molar-refractivity contribution in [1.82, 2.24) is 4.89 Å². The van der Waals surface area contributed by atoms with Gasteiger partial charge in [0.05, 0.1) is 12.2 Å². The van der Waals surface area contributed by atoms with Crippen molar-refractivity contribution in [1.29, 1.82) is 5.26 Å². The molecule has 1 N–H and O–H groups in total. The fourth-order valence-corrected chi connectivity index (χ4v) is 2.29. The molecule has 0 amide bonds. The lowest BCUT2D eigenvalue weighted by atomic mass is 10.1. The van der Waals surface area contributed by atoms with E-state index >= 15 is 0 Å². The van der Waals surface area contributed by atoms with Crippen molar-refractivity contribution < 1.29 is 13.3 Å². The lowest BCUT2D eigenvalue weighted by molar-refractivity contribution is 0.105. The molecule has 0 unspecified atom stereocenters. The highest BCUT2D eigenvalue weighted by molar-refractivity contribution is 7.89. The zero-order valence-electron chi connectivity index (χ0n) is 9.02. The van der Waals surface area contributed by atoms with Crippen LogP contribution in [0.25, 0.3) is 0 Å². The second-order valence-electron chi connectivity index (χ2n) is 3.08. The standard InChI is InChI=1S/C10H12N2O3S/c1-3-15-12-16(13,14)10-6-4-5-8(2)9(10)7-11/h4-6,12H,3H2,1-2H3. The fourth-order valence-electron chi connectivity index (χ4n) is 1.19. The average molecular weight is 240 g/mol. The molecule has 1 aromatic rings. The molecule has 5 nitrogen and oxygen atoms in total. The summed E-state index contributed by atoms with van der Waals surface area (Å²) in [7, 11) is -3.78. The van der Waals surface area contributed by atoms with E-state index in [0.29, 0.717) is 5.56 Å². The van der Waals surface area contributed by atoms with Crippen LogP contribution in [0, 0.1) is 18.3 Å². The van der Waals surface area contributed by atoms with Gasteiger partial charge in [-0.3, -0.25) is 4.84 Å². The molecule has 1 rings (SSSR count). The summed E-state index contributed by atoms with van der Waals surface area (Å²) in [6.45, 7) is 3.55. The lowest BCUT2D eigenvalue weighted by Gasteiger charge is -2.08. The van der Waals surface area contributed by atoms with Crippen molar-refractivity contribution in [3.63, 3.8) is 0 Å². The molecule has 0 aliphatic carbocycles. The summed E-state index contributed by atoms with van der Waals surface area (Å²) in [5.41, 5.74) is 0.747. The van der Waals surface area contributed by atoms with Crippen molar-refractivity contribution in [3.05, 3.63) is 29.3 Å². The van der Waals surface area contributed by atoms with Gasteiger partial charge in [-0.15, -0.1) is 0 Å². The van der Waals surface area contributed by atoms with Crippen LogP contribution in [-0.2, 0) is 14.9 Å². The number of nitriles is 1. The highest BCUT2D eigenvalue weighted by Gasteiger charge is 2.19. The number of sulfonamides is 1. The smallest absolute Gasteiger partial charge is 0.263 e. The minimum atomic E-state index is -3.78. The summed E-state index contributed by atoms with van der Waals surface area (Å²) in [4.78, 5) is 6.53. The van der Waals surface area contributed by atoms with E-state index in [4.69, 9.17) is 5.26 Å². The zero-order chi connectivity index (χ0) is 12.2. The molecule has 0 aliphatic heterocycles. The highest BCUT2D eigenvalue weighted by atomic mass is 32.2. The number of nitrogens with zero attached hydrogens (tertiary/aromatic N) is 1. The monoisotopic (exact) mass is 240 g/mol. The van der Waals surface area contributed by atoms with Crippen LogP contribution in [0.2, 0.25) is 0 Å². The van der Waals surface area contributed by atoms with E-state index in [1.807, 2.05) is 11.0 Å². The van der Waals surface area contributed by atoms with E-state index in [0.717, 1.165) is 0 Å². The molecule has 86 valence electrons. The Bertz CT molecular complexity index is 517. The Morgan fingerprint density at radius 2 is 2.19 bits per heavy atom. The number of rotatable bonds is 4. The van der Waals surface area contributed by atoms with Crippen LogP contribution >= 0.6 is 0 Å². The van der Waals surface area contributed by atoms with E-state index in [1.54, 1.807) is 26.0 Å². The molecule has 0 atom stereocenters. The van der Waals surface area contributed by atoms with E-state index in [2.05, 4.69) is 4.84 Å². The van der Waals surface area contributed by atoms with Gasteiger partial charge in [-0.1, -0.05) is 17.0 Å². The Labute approximate surface area is 94.7 Å². The molecule has 1 aromatic carbocycles. The van der Waals surface area contributed by atoms with Gasteiger partial charge in [-0.25, -0.2) is 8.42 Å². The quantitative estimate of drug-likeness (QED) is 0.799. The van der Waals surface area contributed by atoms with Gasteiger partial charge in [-0.2, -0.15) is 5.26 Å². The maximum absolute atomic E-state index is 11.7. The number of benzene rings is 1. The van der Waals surface area contributed by atoms with Gasteiger partial charge in [0.1, 0.15) is 11.0 Å². The van der Waals surface area contributed by atoms with Crippen LogP contribution < -0.4 is 4.89 Å². The van der Waals surface area contributed by atoms with Crippen molar-refractivity contribution in [2.24, 2.45) is 0 Å². The Balaban J connectivity index is 3.24. The SMILES string of the molecule is CCONS(=O)(=O)c1cccc(C)c1C#N. The molecule has 0 aliphatic rings. The number of hydrogen-bond donors (Lipinski definition) is 1. The van der Waals surface area contributed by atoms with Gasteiger partial charge in [0.15, 0.2) is 0 Å². The molecule has 0 bridgehead atoms. The molecule has 0 saturated carbocycles. The minimum absolute atomic E-state index is 0.0662. The largest absolute Gasteiger partial charge is 0.287 e. The van der Waals surface area contributed by atoms with Crippen molar-refractivity contribution >= 4 is 10.0 Å². The minimum Gasteiger partial charge on any atom is -0.287 e. The predicted molar refractivity (Wildman–Crippen MR) is 57.8 cm³/mol. The number of aryl methyl sites for hydroxylation is 1. The molecular weight excluding hydrogens is 228 g/mol. The Kier molecular flexibility index (Phi) is 4.01. The normalized spacial score (nSPS) is 11.1. The zero-order valence-corrected chi connectivity index (χ0v) is 9.84. The molecule has 0 radical (unpaired) electrons. The summed E-state index contributed by atoms with van der Waals surface area (Å²) >= 11 is 0. The Hall–Kier alpha value is -1.42. The van der Waals surface area contributed by atoms with Crippen molar-refractivity contribution in [2.45, 2.75) is 18.7 Å². The third-order valence-corrected chi connectivity index (χ3v) is 3.21. The maximum Gasteiger partial charge on any atom is 0.263 e. The average Bonchev–Trinajstić information content (AvgIpc) is 2.26. The molecule has 16 heavy (non-hydrogen) atoms. The van der Waals surface area contributed by atoms with Gasteiger partial charge in [0.25, 0.3) is 10.0 Å². The van der Waals surface area contributed by atoms with Gasteiger partial charge in [-0.05, 0) is 25.5 Å². The molecule has 0 saturated heterocycles. The van der Waals surface area contributed by atoms with Gasteiger partial charge in [0.2, 0.25) is 0 Å². The van der Waals surface area contributed by atoms with E-state index in [1.165, 1.54) is 6.07 Å². The van der Waals surface area contributed by atoms with Crippen LogP contribution in [0.1, 0.15) is 18.1 Å². The predicted octanol–water partition coefficient (Wildman–Crippen LogP) is 1.10. The molecule has 0 fully saturated rings. The Morgan fingerprint density at radius 1 is 1.50 bits per heavy atom. The van der Waals surface area contributed by atoms with Gasteiger partial charge in [0, 0.05) is 0 Å². The second-order valence-corrected chi connectivity index (χ2v) is 4.69. The summed E-state index contributed by atoms with van der Waals surface area (Å²) < 4.78 is 23.5. The van der Waals surface area contributed by atoms with Crippen molar-refractivity contribution in [2.75, 3.05) is 6.61 Å². The van der Waals surface area contributed by atoms with Crippen LogP contribution in [-0.4, -0.2) is 15.0 Å². The first-order valence-corrected chi connectivity index (χ1v) is 6.14. The first kappa shape index (κ1) is 12.6. The number of nitrogens with one attached hydrogen (secondary N) is 1. The first-order valence-electron chi connectivity index (χ1n) is 4.66. The lowest BCUT2D eigenvalue weighted by Crippen LogP contribution is -2.25.